The predicted molar refractivity (Wildman–Crippen MR) is 83.1 cm³/mol. The summed E-state index contributed by atoms with van der Waals surface area (Å²) >= 11 is 6.45. The maximum Gasteiger partial charge on any atom is 0.125 e. The first kappa shape index (κ1) is 14.0. The van der Waals surface area contributed by atoms with Crippen molar-refractivity contribution in [3.8, 4) is 5.75 Å². The molecular formula is C14H16N2OS2. The van der Waals surface area contributed by atoms with Gasteiger partial charge in [-0.2, -0.15) is 0 Å². The Morgan fingerprint density at radius 2 is 2.05 bits per heavy atom. The molecule has 5 heteroatoms. The molecule has 1 heterocycles. The normalized spacial score (nSPS) is 10.4. The van der Waals surface area contributed by atoms with Crippen LogP contribution in [0.15, 0.2) is 23.6 Å². The number of para-hydroxylation sites is 1. The molecular weight excluding hydrogens is 276 g/mol. The van der Waals surface area contributed by atoms with Gasteiger partial charge in [0.1, 0.15) is 16.4 Å². The third kappa shape index (κ3) is 3.52. The average Bonchev–Trinajstić information content (AvgIpc) is 2.82. The van der Waals surface area contributed by atoms with Crippen LogP contribution in [0.2, 0.25) is 0 Å². The summed E-state index contributed by atoms with van der Waals surface area (Å²) in [7, 11) is 0. The van der Waals surface area contributed by atoms with Gasteiger partial charge in [0.2, 0.25) is 0 Å². The van der Waals surface area contributed by atoms with E-state index < -0.39 is 0 Å². The smallest absolute Gasteiger partial charge is 0.125 e. The number of rotatable bonds is 5. The summed E-state index contributed by atoms with van der Waals surface area (Å²) < 4.78 is 5.84. The van der Waals surface area contributed by atoms with Crippen LogP contribution in [0.1, 0.15) is 21.8 Å². The molecule has 2 rings (SSSR count). The molecule has 0 bridgehead atoms. The van der Waals surface area contributed by atoms with E-state index in [0.717, 1.165) is 28.3 Å². The Morgan fingerprint density at radius 1 is 1.37 bits per heavy atom. The second-order valence-corrected chi connectivity index (χ2v) is 5.69. The Hall–Kier alpha value is -1.46. The van der Waals surface area contributed by atoms with Gasteiger partial charge in [0.05, 0.1) is 11.6 Å². The van der Waals surface area contributed by atoms with Crippen molar-refractivity contribution >= 4 is 28.5 Å². The molecule has 1 aromatic heterocycles. The zero-order chi connectivity index (χ0) is 13.8. The van der Waals surface area contributed by atoms with E-state index in [2.05, 4.69) is 31.0 Å². The molecule has 0 saturated carbocycles. The quantitative estimate of drug-likeness (QED) is 0.861. The van der Waals surface area contributed by atoms with E-state index in [1.54, 1.807) is 11.3 Å². The van der Waals surface area contributed by atoms with Gasteiger partial charge >= 0.3 is 0 Å². The molecule has 100 valence electrons. The first-order valence-electron chi connectivity index (χ1n) is 6.01. The van der Waals surface area contributed by atoms with Crippen LogP contribution in [-0.2, 0) is 6.42 Å². The first-order valence-corrected chi connectivity index (χ1v) is 7.30. The predicted octanol–water partition coefficient (Wildman–Crippen LogP) is 3.02. The molecule has 0 unspecified atom stereocenters. The Morgan fingerprint density at radius 3 is 2.63 bits per heavy atom. The van der Waals surface area contributed by atoms with Crippen molar-refractivity contribution in [1.29, 1.82) is 0 Å². The minimum atomic E-state index is 0.346. The molecule has 3 nitrogen and oxygen atoms in total. The van der Waals surface area contributed by atoms with Crippen LogP contribution in [0.3, 0.4) is 0 Å². The Bertz CT molecular complexity index is 573. The minimum absolute atomic E-state index is 0.346. The topological polar surface area (TPSA) is 48.1 Å². The highest BCUT2D eigenvalue weighted by molar-refractivity contribution is 7.80. The summed E-state index contributed by atoms with van der Waals surface area (Å²) in [6.07, 6.45) is 0.765. The van der Waals surface area contributed by atoms with Crippen molar-refractivity contribution in [2.45, 2.75) is 20.3 Å². The van der Waals surface area contributed by atoms with Crippen LogP contribution in [0.25, 0.3) is 0 Å². The molecule has 2 aromatic rings. The van der Waals surface area contributed by atoms with Crippen LogP contribution in [0.5, 0.6) is 5.75 Å². The summed E-state index contributed by atoms with van der Waals surface area (Å²) in [5, 5.41) is 2.88. The molecule has 0 fully saturated rings. The monoisotopic (exact) mass is 292 g/mol. The molecule has 0 radical (unpaired) electrons. The Labute approximate surface area is 122 Å². The second-order valence-electron chi connectivity index (χ2n) is 4.31. The summed E-state index contributed by atoms with van der Waals surface area (Å²) in [5.41, 5.74) is 8.54. The van der Waals surface area contributed by atoms with Gasteiger partial charge in [-0.15, -0.1) is 11.3 Å². The lowest BCUT2D eigenvalue weighted by Crippen LogP contribution is -2.10. The van der Waals surface area contributed by atoms with E-state index in [4.69, 9.17) is 22.7 Å². The highest BCUT2D eigenvalue weighted by atomic mass is 32.1. The van der Waals surface area contributed by atoms with Crippen molar-refractivity contribution in [2.75, 3.05) is 6.61 Å². The van der Waals surface area contributed by atoms with Crippen LogP contribution in [0, 0.1) is 13.8 Å². The molecule has 0 atom stereocenters. The summed E-state index contributed by atoms with van der Waals surface area (Å²) in [5.74, 6) is 0.966. The molecule has 0 aliphatic carbocycles. The molecule has 0 spiro atoms. The van der Waals surface area contributed by atoms with E-state index in [9.17, 15) is 0 Å². The van der Waals surface area contributed by atoms with Gasteiger partial charge < -0.3 is 10.5 Å². The van der Waals surface area contributed by atoms with E-state index >= 15 is 0 Å². The molecule has 0 aliphatic rings. The molecule has 1 aromatic carbocycles. The van der Waals surface area contributed by atoms with Crippen molar-refractivity contribution < 1.29 is 4.74 Å². The van der Waals surface area contributed by atoms with Crippen LogP contribution in [-0.4, -0.2) is 16.6 Å². The number of aromatic nitrogens is 1. The van der Waals surface area contributed by atoms with Gasteiger partial charge in [-0.1, -0.05) is 30.4 Å². The second kappa shape index (κ2) is 6.12. The molecule has 0 amide bonds. The number of aryl methyl sites for hydroxylation is 2. The molecule has 19 heavy (non-hydrogen) atoms. The Balaban J connectivity index is 1.94. The van der Waals surface area contributed by atoms with Gasteiger partial charge in [-0.3, -0.25) is 0 Å². The number of thiazole rings is 1. The third-order valence-electron chi connectivity index (χ3n) is 2.78. The summed E-state index contributed by atoms with van der Waals surface area (Å²) in [6, 6.07) is 6.14. The maximum absolute atomic E-state index is 5.84. The van der Waals surface area contributed by atoms with Crippen LogP contribution >= 0.6 is 23.6 Å². The van der Waals surface area contributed by atoms with Crippen molar-refractivity contribution in [1.82, 2.24) is 4.98 Å². The summed E-state index contributed by atoms with van der Waals surface area (Å²) in [4.78, 5) is 4.70. The number of nitrogens with two attached hydrogens (primary N) is 1. The molecule has 0 aliphatic heterocycles. The Kier molecular flexibility index (Phi) is 4.50. The lowest BCUT2D eigenvalue weighted by atomic mass is 10.1. The van der Waals surface area contributed by atoms with E-state index in [-0.39, 0.29) is 0 Å². The number of ether oxygens (including phenoxy) is 1. The maximum atomic E-state index is 5.84. The average molecular weight is 292 g/mol. The van der Waals surface area contributed by atoms with E-state index in [0.29, 0.717) is 17.3 Å². The fraction of sp³-hybridized carbons (Fsp3) is 0.286. The van der Waals surface area contributed by atoms with Gasteiger partial charge in [-0.05, 0) is 25.0 Å². The van der Waals surface area contributed by atoms with Gasteiger partial charge in [0.25, 0.3) is 0 Å². The highest BCUT2D eigenvalue weighted by Gasteiger charge is 2.06. The summed E-state index contributed by atoms with van der Waals surface area (Å²) in [6.45, 7) is 4.71. The fourth-order valence-electron chi connectivity index (χ4n) is 1.81. The lowest BCUT2D eigenvalue weighted by Gasteiger charge is -2.10. The van der Waals surface area contributed by atoms with Crippen LogP contribution in [0.4, 0.5) is 0 Å². The van der Waals surface area contributed by atoms with Crippen molar-refractivity contribution in [3.05, 3.63) is 45.4 Å². The third-order valence-corrected chi connectivity index (χ3v) is 3.89. The number of nitrogens with zero attached hydrogens (tertiary/aromatic N) is 1. The van der Waals surface area contributed by atoms with Gasteiger partial charge in [0.15, 0.2) is 0 Å². The zero-order valence-corrected chi connectivity index (χ0v) is 12.6. The van der Waals surface area contributed by atoms with Crippen molar-refractivity contribution in [3.63, 3.8) is 0 Å². The van der Waals surface area contributed by atoms with Gasteiger partial charge in [-0.25, -0.2) is 4.98 Å². The largest absolute Gasteiger partial charge is 0.493 e. The number of hydrogen-bond donors (Lipinski definition) is 1. The number of benzene rings is 1. The number of hydrogen-bond acceptors (Lipinski definition) is 4. The van der Waals surface area contributed by atoms with Crippen LogP contribution < -0.4 is 10.5 Å². The highest BCUT2D eigenvalue weighted by Crippen LogP contribution is 2.22. The molecule has 0 saturated heterocycles. The van der Waals surface area contributed by atoms with Crippen molar-refractivity contribution in [2.24, 2.45) is 5.73 Å². The lowest BCUT2D eigenvalue weighted by molar-refractivity contribution is 0.317. The first-order chi connectivity index (χ1) is 9.08. The molecule has 2 N–H and O–H groups in total. The van der Waals surface area contributed by atoms with E-state index in [1.807, 2.05) is 11.4 Å². The SMILES string of the molecule is Cc1cccc(C)c1OCCc1nc(C(N)=S)cs1. The number of thiocarbonyl (C=S) groups is 1. The zero-order valence-electron chi connectivity index (χ0n) is 11.0. The fourth-order valence-corrected chi connectivity index (χ4v) is 2.76. The van der Waals surface area contributed by atoms with E-state index in [1.165, 1.54) is 0 Å². The standard InChI is InChI=1S/C14H16N2OS2/c1-9-4-3-5-10(2)13(9)17-7-6-12-16-11(8-19-12)14(15)18/h3-5,8H,6-7H2,1-2H3,(H2,15,18). The van der Waals surface area contributed by atoms with Gasteiger partial charge in [0, 0.05) is 11.8 Å². The minimum Gasteiger partial charge on any atom is -0.493 e.